The van der Waals surface area contributed by atoms with Gasteiger partial charge in [-0.3, -0.25) is 4.79 Å². The molecule has 0 radical (unpaired) electrons. The van der Waals surface area contributed by atoms with Crippen LogP contribution in [0.25, 0.3) is 0 Å². The van der Waals surface area contributed by atoms with Gasteiger partial charge in [-0.1, -0.05) is 31.4 Å². The van der Waals surface area contributed by atoms with Crippen LogP contribution >= 0.6 is 0 Å². The van der Waals surface area contributed by atoms with Gasteiger partial charge in [-0.25, -0.2) is 0 Å². The summed E-state index contributed by atoms with van der Waals surface area (Å²) in [7, 11) is 0. The van der Waals surface area contributed by atoms with E-state index in [2.05, 4.69) is 5.32 Å². The van der Waals surface area contributed by atoms with Gasteiger partial charge in [-0.05, 0) is 42.5 Å². The second-order valence-electron chi connectivity index (χ2n) is 6.41. The number of amides is 1. The first-order chi connectivity index (χ1) is 10.8. The fourth-order valence-corrected chi connectivity index (χ4v) is 3.17. The van der Waals surface area contributed by atoms with Gasteiger partial charge in [0.05, 0.1) is 5.56 Å². The molecule has 0 heterocycles. The summed E-state index contributed by atoms with van der Waals surface area (Å²) in [5.74, 6) is -0.0859. The van der Waals surface area contributed by atoms with Crippen LogP contribution in [0.15, 0.2) is 24.3 Å². The number of benzene rings is 1. The Balaban J connectivity index is 1.86. The quantitative estimate of drug-likeness (QED) is 0.867. The molecule has 0 unspecified atom stereocenters. The maximum atomic E-state index is 12.5. The molecule has 0 atom stereocenters. The zero-order valence-corrected chi connectivity index (χ0v) is 13.1. The molecule has 0 spiro atoms. The Bertz CT molecular complexity index is 520. The second-order valence-corrected chi connectivity index (χ2v) is 6.41. The van der Waals surface area contributed by atoms with Crippen molar-refractivity contribution in [3.8, 4) is 0 Å². The smallest absolute Gasteiger partial charge is 0.352 e. The van der Waals surface area contributed by atoms with Crippen molar-refractivity contribution < 1.29 is 18.0 Å². The molecule has 3 N–H and O–H groups in total. The molecule has 128 valence electrons. The van der Waals surface area contributed by atoms with Crippen LogP contribution in [0, 0.1) is 5.41 Å². The van der Waals surface area contributed by atoms with Crippen LogP contribution in [-0.4, -0.2) is 12.5 Å². The zero-order chi connectivity index (χ0) is 16.9. The number of carbonyl (C=O) groups excluding carboxylic acids is 1. The minimum absolute atomic E-state index is 0.0859. The van der Waals surface area contributed by atoms with Crippen LogP contribution < -0.4 is 11.1 Å². The van der Waals surface area contributed by atoms with Crippen molar-refractivity contribution in [2.45, 2.75) is 51.2 Å². The predicted molar refractivity (Wildman–Crippen MR) is 82.5 cm³/mol. The van der Waals surface area contributed by atoms with E-state index >= 15 is 0 Å². The number of nitrogens with two attached hydrogens (primary N) is 1. The van der Waals surface area contributed by atoms with E-state index in [-0.39, 0.29) is 17.9 Å². The average molecular weight is 328 g/mol. The summed E-state index contributed by atoms with van der Waals surface area (Å²) >= 11 is 0. The van der Waals surface area contributed by atoms with Gasteiger partial charge < -0.3 is 11.1 Å². The van der Waals surface area contributed by atoms with E-state index in [1.54, 1.807) is 0 Å². The highest BCUT2D eigenvalue weighted by molar-refractivity contribution is 5.76. The maximum Gasteiger partial charge on any atom is 0.416 e. The molecule has 1 aliphatic carbocycles. The van der Waals surface area contributed by atoms with Gasteiger partial charge >= 0.3 is 6.18 Å². The third-order valence-corrected chi connectivity index (χ3v) is 4.65. The van der Waals surface area contributed by atoms with Crippen LogP contribution in [0.5, 0.6) is 0 Å². The Kier molecular flexibility index (Phi) is 5.68. The molecule has 0 aliphatic heterocycles. The summed E-state index contributed by atoms with van der Waals surface area (Å²) in [5.41, 5.74) is 5.72. The highest BCUT2D eigenvalue weighted by Crippen LogP contribution is 2.38. The average Bonchev–Trinajstić information content (AvgIpc) is 2.53. The molecule has 0 aromatic heterocycles. The normalized spacial score (nSPS) is 17.7. The third-order valence-electron chi connectivity index (χ3n) is 4.65. The summed E-state index contributed by atoms with van der Waals surface area (Å²) in [5, 5.41) is 2.79. The number of carbonyl (C=O) groups is 1. The van der Waals surface area contributed by atoms with Crippen LogP contribution in [-0.2, 0) is 17.5 Å². The largest absolute Gasteiger partial charge is 0.416 e. The number of rotatable bonds is 5. The van der Waals surface area contributed by atoms with Crippen LogP contribution in [0.1, 0.15) is 49.7 Å². The number of hydrogen-bond acceptors (Lipinski definition) is 2. The summed E-state index contributed by atoms with van der Waals surface area (Å²) in [4.78, 5) is 12.1. The lowest BCUT2D eigenvalue weighted by molar-refractivity contribution is -0.137. The molecular formula is C17H23F3N2O. The van der Waals surface area contributed by atoms with Gasteiger partial charge in [0.25, 0.3) is 0 Å². The first kappa shape index (κ1) is 17.8. The Hall–Kier alpha value is -1.56. The molecule has 1 aromatic rings. The molecule has 6 heteroatoms. The maximum absolute atomic E-state index is 12.5. The molecule has 1 fully saturated rings. The van der Waals surface area contributed by atoms with Crippen molar-refractivity contribution >= 4 is 5.91 Å². The molecule has 2 rings (SSSR count). The van der Waals surface area contributed by atoms with Gasteiger partial charge in [0.2, 0.25) is 5.91 Å². The van der Waals surface area contributed by atoms with E-state index in [0.29, 0.717) is 18.5 Å². The number of hydrogen-bond donors (Lipinski definition) is 2. The summed E-state index contributed by atoms with van der Waals surface area (Å²) in [6.45, 7) is 0.734. The summed E-state index contributed by atoms with van der Waals surface area (Å²) in [6, 6.07) is 4.85. The minimum atomic E-state index is -4.34. The molecule has 1 aliphatic rings. The predicted octanol–water partition coefficient (Wildman–Crippen LogP) is 3.62. The van der Waals surface area contributed by atoms with Crippen molar-refractivity contribution in [3.63, 3.8) is 0 Å². The first-order valence-electron chi connectivity index (χ1n) is 7.98. The monoisotopic (exact) mass is 328 g/mol. The molecule has 1 amide bonds. The van der Waals surface area contributed by atoms with E-state index in [1.165, 1.54) is 18.6 Å². The lowest BCUT2D eigenvalue weighted by Gasteiger charge is -2.35. The molecule has 1 aromatic carbocycles. The molecule has 1 saturated carbocycles. The highest BCUT2D eigenvalue weighted by Gasteiger charge is 2.33. The van der Waals surface area contributed by atoms with Crippen molar-refractivity contribution in [1.82, 2.24) is 5.32 Å². The van der Waals surface area contributed by atoms with Gasteiger partial charge in [-0.15, -0.1) is 0 Å². The summed E-state index contributed by atoms with van der Waals surface area (Å²) < 4.78 is 37.5. The van der Waals surface area contributed by atoms with Gasteiger partial charge in [0.15, 0.2) is 0 Å². The van der Waals surface area contributed by atoms with E-state index in [9.17, 15) is 18.0 Å². The number of nitrogens with one attached hydrogen (secondary N) is 1. The Morgan fingerprint density at radius 2 is 1.74 bits per heavy atom. The summed E-state index contributed by atoms with van der Waals surface area (Å²) in [6.07, 6.45) is 1.39. The minimum Gasteiger partial charge on any atom is -0.352 e. The topological polar surface area (TPSA) is 55.1 Å². The van der Waals surface area contributed by atoms with Crippen LogP contribution in [0.2, 0.25) is 0 Å². The van der Waals surface area contributed by atoms with Crippen molar-refractivity contribution in [2.24, 2.45) is 11.1 Å². The van der Waals surface area contributed by atoms with Gasteiger partial charge in [0.1, 0.15) is 0 Å². The third kappa shape index (κ3) is 4.96. The molecular weight excluding hydrogens is 305 g/mol. The van der Waals surface area contributed by atoms with E-state index in [0.717, 1.165) is 37.8 Å². The van der Waals surface area contributed by atoms with Crippen LogP contribution in [0.3, 0.4) is 0 Å². The standard InChI is InChI=1S/C17H23F3N2O/c18-17(19,20)14-6-4-13(5-7-14)11-22-15(23)10-16(12-21)8-2-1-3-9-16/h4-7H,1-3,8-12,21H2,(H,22,23). The van der Waals surface area contributed by atoms with Crippen molar-refractivity contribution in [2.75, 3.05) is 6.54 Å². The molecule has 0 bridgehead atoms. The van der Waals surface area contributed by atoms with Crippen LogP contribution in [0.4, 0.5) is 13.2 Å². The zero-order valence-electron chi connectivity index (χ0n) is 13.1. The first-order valence-corrected chi connectivity index (χ1v) is 7.98. The van der Waals surface area contributed by atoms with Gasteiger partial charge in [-0.2, -0.15) is 13.2 Å². The Morgan fingerprint density at radius 3 is 2.26 bits per heavy atom. The van der Waals surface area contributed by atoms with Crippen molar-refractivity contribution in [1.29, 1.82) is 0 Å². The molecule has 3 nitrogen and oxygen atoms in total. The highest BCUT2D eigenvalue weighted by atomic mass is 19.4. The van der Waals surface area contributed by atoms with E-state index in [4.69, 9.17) is 5.73 Å². The number of alkyl halides is 3. The fraction of sp³-hybridized carbons (Fsp3) is 0.588. The lowest BCUT2D eigenvalue weighted by Crippen LogP contribution is -2.38. The fourth-order valence-electron chi connectivity index (χ4n) is 3.17. The Labute approximate surface area is 134 Å². The van der Waals surface area contributed by atoms with Gasteiger partial charge in [0, 0.05) is 13.0 Å². The SMILES string of the molecule is NCC1(CC(=O)NCc2ccc(C(F)(F)F)cc2)CCCCC1. The molecule has 0 saturated heterocycles. The van der Waals surface area contributed by atoms with Crippen molar-refractivity contribution in [3.05, 3.63) is 35.4 Å². The van der Waals surface area contributed by atoms with E-state index < -0.39 is 11.7 Å². The second kappa shape index (κ2) is 7.34. The number of halogens is 3. The van der Waals surface area contributed by atoms with E-state index in [1.807, 2.05) is 0 Å². The lowest BCUT2D eigenvalue weighted by atomic mass is 9.71. The molecule has 23 heavy (non-hydrogen) atoms. The Morgan fingerprint density at radius 1 is 1.13 bits per heavy atom.